The van der Waals surface area contributed by atoms with Gasteiger partial charge in [0.05, 0.1) is 5.69 Å². The molecule has 2 aliphatic rings. The Morgan fingerprint density at radius 2 is 0.846 bits per heavy atom. The van der Waals surface area contributed by atoms with E-state index in [0.717, 1.165) is 34.1 Å². The van der Waals surface area contributed by atoms with E-state index in [1.807, 2.05) is 11.3 Å². The molecule has 3 heteroatoms. The van der Waals surface area contributed by atoms with Crippen LogP contribution >= 0.6 is 11.3 Å². The molecule has 0 amide bonds. The summed E-state index contributed by atoms with van der Waals surface area (Å²) >= 11 is 1.91. The van der Waals surface area contributed by atoms with Crippen molar-refractivity contribution in [3.63, 3.8) is 0 Å². The van der Waals surface area contributed by atoms with Crippen molar-refractivity contribution in [2.45, 2.75) is 38.5 Å². The molecule has 0 saturated heterocycles. The van der Waals surface area contributed by atoms with Gasteiger partial charge in [-0.25, -0.2) is 0 Å². The quantitative estimate of drug-likeness (QED) is 0.154. The van der Waals surface area contributed by atoms with Gasteiger partial charge in [-0.3, -0.25) is 0 Å². The Labute approximate surface area is 384 Å². The molecule has 2 aliphatic carbocycles. The number of para-hydroxylation sites is 2. The number of rotatable bonds is 6. The van der Waals surface area contributed by atoms with Gasteiger partial charge in [0.15, 0.2) is 0 Å². The van der Waals surface area contributed by atoms with Gasteiger partial charge in [0.1, 0.15) is 0 Å². The molecular weight excluding hydrogens is 805 g/mol. The fourth-order valence-electron chi connectivity index (χ4n) is 11.4. The fourth-order valence-corrected chi connectivity index (χ4v) is 12.7. The average Bonchev–Trinajstić information content (AvgIpc) is 3.92. The van der Waals surface area contributed by atoms with Crippen LogP contribution in [0, 0.1) is 0 Å². The van der Waals surface area contributed by atoms with E-state index in [1.165, 1.54) is 86.2 Å². The maximum Gasteiger partial charge on any atom is 0.0561 e. The highest BCUT2D eigenvalue weighted by Crippen LogP contribution is 2.54. The number of benzene rings is 10. The number of anilines is 6. The Kier molecular flexibility index (Phi) is 8.20. The van der Waals surface area contributed by atoms with Crippen LogP contribution < -0.4 is 9.80 Å². The molecule has 0 unspecified atom stereocenters. The minimum atomic E-state index is -0.150. The summed E-state index contributed by atoms with van der Waals surface area (Å²) in [7, 11) is 0. The lowest BCUT2D eigenvalue weighted by Crippen LogP contribution is -2.17. The third-order valence-corrected chi connectivity index (χ3v) is 15.8. The van der Waals surface area contributed by atoms with Gasteiger partial charge in [-0.1, -0.05) is 167 Å². The molecule has 0 fully saturated rings. The van der Waals surface area contributed by atoms with Crippen LogP contribution in [-0.2, 0) is 10.8 Å². The summed E-state index contributed by atoms with van der Waals surface area (Å²) in [6, 6.07) is 77.2. The van der Waals surface area contributed by atoms with E-state index in [0.29, 0.717) is 0 Å². The van der Waals surface area contributed by atoms with Crippen LogP contribution in [0.4, 0.5) is 34.1 Å². The van der Waals surface area contributed by atoms with Gasteiger partial charge in [-0.2, -0.15) is 0 Å². The largest absolute Gasteiger partial charge is 0.310 e. The third-order valence-electron chi connectivity index (χ3n) is 14.6. The number of thiophene rings is 1. The molecule has 2 nitrogen and oxygen atoms in total. The average molecular weight is 851 g/mol. The van der Waals surface area contributed by atoms with Crippen molar-refractivity contribution in [2.24, 2.45) is 0 Å². The predicted octanol–water partition coefficient (Wildman–Crippen LogP) is 17.9. The third kappa shape index (κ3) is 5.58. The number of fused-ring (bicyclic) bond motifs is 13. The maximum absolute atomic E-state index is 2.51. The zero-order valence-corrected chi connectivity index (χ0v) is 37.7. The van der Waals surface area contributed by atoms with Crippen LogP contribution in [0.2, 0.25) is 0 Å². The molecule has 310 valence electrons. The van der Waals surface area contributed by atoms with Crippen molar-refractivity contribution in [1.29, 1.82) is 0 Å². The van der Waals surface area contributed by atoms with Crippen LogP contribution in [0.5, 0.6) is 0 Å². The van der Waals surface area contributed by atoms with Gasteiger partial charge in [0, 0.05) is 70.2 Å². The van der Waals surface area contributed by atoms with Gasteiger partial charge < -0.3 is 9.80 Å². The number of hydrogen-bond acceptors (Lipinski definition) is 3. The first-order valence-corrected chi connectivity index (χ1v) is 23.6. The zero-order valence-electron chi connectivity index (χ0n) is 36.9. The highest BCUT2D eigenvalue weighted by atomic mass is 32.1. The normalized spacial score (nSPS) is 14.1. The molecule has 0 spiro atoms. The van der Waals surface area contributed by atoms with Crippen LogP contribution in [0.15, 0.2) is 206 Å². The molecular formula is C62H46N2S. The molecule has 1 aromatic heterocycles. The Bertz CT molecular complexity index is 3730. The molecule has 0 atom stereocenters. The zero-order chi connectivity index (χ0) is 43.6. The Hall–Kier alpha value is -7.46. The highest BCUT2D eigenvalue weighted by molar-refractivity contribution is 7.26. The molecule has 11 aromatic rings. The molecule has 0 saturated carbocycles. The second-order valence-electron chi connectivity index (χ2n) is 18.9. The Morgan fingerprint density at radius 3 is 1.48 bits per heavy atom. The van der Waals surface area contributed by atoms with Crippen molar-refractivity contribution in [1.82, 2.24) is 0 Å². The lowest BCUT2D eigenvalue weighted by atomic mass is 9.82. The van der Waals surface area contributed by atoms with Crippen LogP contribution in [0.25, 0.3) is 64.0 Å². The fraction of sp³-hybridized carbons (Fsp3) is 0.0968. The molecule has 1 heterocycles. The lowest BCUT2D eigenvalue weighted by molar-refractivity contribution is 0.660. The van der Waals surface area contributed by atoms with E-state index in [2.05, 4.69) is 244 Å². The number of hydrogen-bond donors (Lipinski definition) is 0. The monoisotopic (exact) mass is 850 g/mol. The van der Waals surface area contributed by atoms with Gasteiger partial charge in [0.2, 0.25) is 0 Å². The summed E-state index contributed by atoms with van der Waals surface area (Å²) in [6.45, 7) is 9.50. The van der Waals surface area contributed by atoms with Gasteiger partial charge in [-0.15, -0.1) is 11.3 Å². The summed E-state index contributed by atoms with van der Waals surface area (Å²) in [4.78, 5) is 4.99. The van der Waals surface area contributed by atoms with Crippen molar-refractivity contribution in [2.75, 3.05) is 9.80 Å². The summed E-state index contributed by atoms with van der Waals surface area (Å²) in [5.74, 6) is 0. The first-order chi connectivity index (χ1) is 31.8. The molecule has 13 rings (SSSR count). The molecule has 0 bridgehead atoms. The highest BCUT2D eigenvalue weighted by Gasteiger charge is 2.37. The molecule has 0 radical (unpaired) electrons. The SMILES string of the molecule is CC1(C)c2ccccc2-c2ccc(N(c3ccccc3)c3cc(N(c4ccccc4)c4ccc5c(c4)C(C)(C)c4ccccc4-5)c4ccc5ccc6c7ccccc7sc6c5c4c3)cc21. The summed E-state index contributed by atoms with van der Waals surface area (Å²) in [5, 5.41) is 7.59. The second kappa shape index (κ2) is 14.0. The van der Waals surface area contributed by atoms with Gasteiger partial charge >= 0.3 is 0 Å². The minimum absolute atomic E-state index is 0.146. The van der Waals surface area contributed by atoms with E-state index in [4.69, 9.17) is 0 Å². The first-order valence-electron chi connectivity index (χ1n) is 22.8. The second-order valence-corrected chi connectivity index (χ2v) is 20.0. The molecule has 0 aliphatic heterocycles. The van der Waals surface area contributed by atoms with Gasteiger partial charge in [-0.05, 0) is 122 Å². The van der Waals surface area contributed by atoms with Crippen LogP contribution in [-0.4, -0.2) is 0 Å². The lowest BCUT2D eigenvalue weighted by Gasteiger charge is -2.32. The van der Waals surface area contributed by atoms with E-state index in [9.17, 15) is 0 Å². The molecule has 65 heavy (non-hydrogen) atoms. The van der Waals surface area contributed by atoms with Crippen molar-refractivity contribution < 1.29 is 0 Å². The van der Waals surface area contributed by atoms with Crippen molar-refractivity contribution in [3.05, 3.63) is 229 Å². The molecule has 10 aromatic carbocycles. The van der Waals surface area contributed by atoms with Crippen molar-refractivity contribution in [3.8, 4) is 22.3 Å². The summed E-state index contributed by atoms with van der Waals surface area (Å²) < 4.78 is 2.63. The Morgan fingerprint density at radius 1 is 0.338 bits per heavy atom. The van der Waals surface area contributed by atoms with E-state index < -0.39 is 0 Å². The smallest absolute Gasteiger partial charge is 0.0561 e. The molecule has 0 N–H and O–H groups in total. The van der Waals surface area contributed by atoms with E-state index in [1.54, 1.807) is 0 Å². The predicted molar refractivity (Wildman–Crippen MR) is 279 cm³/mol. The van der Waals surface area contributed by atoms with Crippen molar-refractivity contribution >= 4 is 87.2 Å². The number of nitrogens with zero attached hydrogens (tertiary/aromatic N) is 2. The first kappa shape index (κ1) is 38.0. The van der Waals surface area contributed by atoms with E-state index in [-0.39, 0.29) is 10.8 Å². The standard InChI is InChI=1S/C62H46N2S/c1-61(2)53-24-14-11-21-45(53)47-33-29-42(36-55(47)61)63(40-17-7-5-8-18-40)44-35-52-49(31-27-39-28-32-51-50-23-13-16-26-58(50)65-60(51)59(39)52)57(38-44)64(41-19-9-6-10-20-41)43-30-34-48-46-22-12-15-25-54(46)62(3,4)56(48)37-43/h5-38H,1-4H3. The van der Waals surface area contributed by atoms with Crippen LogP contribution in [0.1, 0.15) is 49.9 Å². The summed E-state index contributed by atoms with van der Waals surface area (Å²) in [6.07, 6.45) is 0. The van der Waals surface area contributed by atoms with Gasteiger partial charge in [0.25, 0.3) is 0 Å². The Balaban J connectivity index is 1.13. The topological polar surface area (TPSA) is 6.48 Å². The summed E-state index contributed by atoms with van der Waals surface area (Å²) in [5.41, 5.74) is 17.2. The minimum Gasteiger partial charge on any atom is -0.310 e. The van der Waals surface area contributed by atoms with Crippen LogP contribution in [0.3, 0.4) is 0 Å². The maximum atomic E-state index is 2.51. The van der Waals surface area contributed by atoms with E-state index >= 15 is 0 Å².